The van der Waals surface area contributed by atoms with E-state index in [-0.39, 0.29) is 5.91 Å². The monoisotopic (exact) mass is 374 g/mol. The van der Waals surface area contributed by atoms with Crippen LogP contribution in [0.2, 0.25) is 0 Å². The molecule has 5 heteroatoms. The molecule has 0 atom stereocenters. The molecule has 2 N–H and O–H groups in total. The number of rotatable bonds is 3. The maximum atomic E-state index is 12.0. The molecule has 1 fully saturated rings. The summed E-state index contributed by atoms with van der Waals surface area (Å²) in [6.45, 7) is 2.05. The molecular weight excluding hydrogens is 360 g/mol. The highest BCUT2D eigenvalue weighted by molar-refractivity contribution is 9.11. The van der Waals surface area contributed by atoms with Crippen molar-refractivity contribution in [3.05, 3.63) is 27.1 Å². The fourth-order valence-electron chi connectivity index (χ4n) is 2.14. The van der Waals surface area contributed by atoms with Crippen molar-refractivity contribution in [3.8, 4) is 0 Å². The highest BCUT2D eigenvalue weighted by atomic mass is 79.9. The second kappa shape index (κ2) is 6.68. The van der Waals surface area contributed by atoms with Gasteiger partial charge in [-0.05, 0) is 66.0 Å². The Morgan fingerprint density at radius 2 is 2.06 bits per heavy atom. The number of anilines is 1. The zero-order chi connectivity index (χ0) is 13.0. The number of carbonyl (C=O) groups is 1. The Bertz CT molecular complexity index is 431. The van der Waals surface area contributed by atoms with Crippen LogP contribution in [-0.2, 0) is 4.79 Å². The van der Waals surface area contributed by atoms with E-state index in [1.807, 2.05) is 18.2 Å². The molecule has 0 bridgehead atoms. The number of hydrogen-bond acceptors (Lipinski definition) is 2. The first-order valence-electron chi connectivity index (χ1n) is 6.11. The van der Waals surface area contributed by atoms with Gasteiger partial charge >= 0.3 is 0 Å². The third-order valence-corrected chi connectivity index (χ3v) is 4.32. The van der Waals surface area contributed by atoms with Crippen LogP contribution in [0.1, 0.15) is 19.3 Å². The fourth-order valence-corrected chi connectivity index (χ4v) is 2.85. The van der Waals surface area contributed by atoms with Gasteiger partial charge in [0, 0.05) is 15.4 Å². The van der Waals surface area contributed by atoms with Gasteiger partial charge in [-0.25, -0.2) is 0 Å². The van der Waals surface area contributed by atoms with Gasteiger partial charge in [-0.15, -0.1) is 0 Å². The van der Waals surface area contributed by atoms with E-state index in [2.05, 4.69) is 42.5 Å². The average molecular weight is 376 g/mol. The second-order valence-corrected chi connectivity index (χ2v) is 6.34. The maximum absolute atomic E-state index is 12.0. The van der Waals surface area contributed by atoms with Gasteiger partial charge in [0.1, 0.15) is 0 Å². The molecule has 2 rings (SSSR count). The van der Waals surface area contributed by atoms with Crippen LogP contribution in [0.3, 0.4) is 0 Å². The standard InChI is InChI=1S/C13H16Br2N2O/c14-10-1-2-11(15)12(8-10)17-13(18)7-9-3-5-16-6-4-9/h1-2,8-9,16H,3-7H2,(H,17,18). The first-order valence-corrected chi connectivity index (χ1v) is 7.69. The lowest BCUT2D eigenvalue weighted by Gasteiger charge is -2.22. The van der Waals surface area contributed by atoms with Crippen LogP contribution >= 0.6 is 31.9 Å². The van der Waals surface area contributed by atoms with Gasteiger partial charge in [-0.2, -0.15) is 0 Å². The van der Waals surface area contributed by atoms with Crippen molar-refractivity contribution < 1.29 is 4.79 Å². The minimum absolute atomic E-state index is 0.0979. The molecule has 1 aromatic rings. The van der Waals surface area contributed by atoms with Gasteiger partial charge in [-0.1, -0.05) is 15.9 Å². The quantitative estimate of drug-likeness (QED) is 0.848. The molecule has 1 aromatic carbocycles. The lowest BCUT2D eigenvalue weighted by Crippen LogP contribution is -2.30. The third kappa shape index (κ3) is 4.07. The van der Waals surface area contributed by atoms with E-state index >= 15 is 0 Å². The van der Waals surface area contributed by atoms with Crippen LogP contribution in [0, 0.1) is 5.92 Å². The molecule has 98 valence electrons. The molecule has 0 aliphatic carbocycles. The molecule has 1 saturated heterocycles. The molecule has 1 aliphatic rings. The van der Waals surface area contributed by atoms with Crippen LogP contribution in [0.4, 0.5) is 5.69 Å². The minimum atomic E-state index is 0.0979. The lowest BCUT2D eigenvalue weighted by molar-refractivity contribution is -0.117. The Kier molecular flexibility index (Phi) is 5.21. The molecule has 0 aromatic heterocycles. The first-order chi connectivity index (χ1) is 8.65. The van der Waals surface area contributed by atoms with Crippen molar-refractivity contribution >= 4 is 43.5 Å². The van der Waals surface area contributed by atoms with Crippen LogP contribution in [0.5, 0.6) is 0 Å². The summed E-state index contributed by atoms with van der Waals surface area (Å²) in [5.74, 6) is 0.609. The SMILES string of the molecule is O=C(CC1CCNCC1)Nc1cc(Br)ccc1Br. The van der Waals surface area contributed by atoms with Crippen molar-refractivity contribution in [1.82, 2.24) is 5.32 Å². The summed E-state index contributed by atoms with van der Waals surface area (Å²) in [7, 11) is 0. The minimum Gasteiger partial charge on any atom is -0.325 e. The normalized spacial score (nSPS) is 16.6. The van der Waals surface area contributed by atoms with Gasteiger partial charge in [0.15, 0.2) is 0 Å². The van der Waals surface area contributed by atoms with E-state index in [4.69, 9.17) is 0 Å². The molecule has 0 spiro atoms. The Labute approximate surface area is 124 Å². The van der Waals surface area contributed by atoms with Gasteiger partial charge < -0.3 is 10.6 Å². The van der Waals surface area contributed by atoms with Crippen molar-refractivity contribution in [1.29, 1.82) is 0 Å². The molecule has 3 nitrogen and oxygen atoms in total. The van der Waals surface area contributed by atoms with Crippen molar-refractivity contribution in [2.75, 3.05) is 18.4 Å². The summed E-state index contributed by atoms with van der Waals surface area (Å²) in [5.41, 5.74) is 0.823. The zero-order valence-corrected chi connectivity index (χ0v) is 13.2. The third-order valence-electron chi connectivity index (χ3n) is 3.14. The molecule has 1 aliphatic heterocycles. The average Bonchev–Trinajstić information content (AvgIpc) is 2.35. The van der Waals surface area contributed by atoms with E-state index in [1.165, 1.54) is 0 Å². The Hall–Kier alpha value is -0.390. The van der Waals surface area contributed by atoms with Gasteiger partial charge in [0.05, 0.1) is 5.69 Å². The first kappa shape index (κ1) is 14.0. The summed E-state index contributed by atoms with van der Waals surface area (Å²) >= 11 is 6.84. The fraction of sp³-hybridized carbons (Fsp3) is 0.462. The smallest absolute Gasteiger partial charge is 0.224 e. The van der Waals surface area contributed by atoms with E-state index in [0.717, 1.165) is 40.6 Å². The molecule has 18 heavy (non-hydrogen) atoms. The van der Waals surface area contributed by atoms with Crippen LogP contribution < -0.4 is 10.6 Å². The van der Waals surface area contributed by atoms with Gasteiger partial charge in [-0.3, -0.25) is 4.79 Å². The van der Waals surface area contributed by atoms with Gasteiger partial charge in [0.2, 0.25) is 5.91 Å². The van der Waals surface area contributed by atoms with E-state index in [1.54, 1.807) is 0 Å². The Balaban J connectivity index is 1.92. The van der Waals surface area contributed by atoms with Crippen LogP contribution in [0.25, 0.3) is 0 Å². The van der Waals surface area contributed by atoms with Gasteiger partial charge in [0.25, 0.3) is 0 Å². The number of amides is 1. The molecular formula is C13H16Br2N2O. The Morgan fingerprint density at radius 3 is 2.78 bits per heavy atom. The maximum Gasteiger partial charge on any atom is 0.224 e. The number of benzene rings is 1. The number of halogens is 2. The van der Waals surface area contributed by atoms with Crippen LogP contribution in [-0.4, -0.2) is 19.0 Å². The highest BCUT2D eigenvalue weighted by Gasteiger charge is 2.17. The summed E-state index contributed by atoms with van der Waals surface area (Å²) in [6, 6.07) is 5.77. The number of hydrogen-bond donors (Lipinski definition) is 2. The Morgan fingerprint density at radius 1 is 1.33 bits per heavy atom. The summed E-state index contributed by atoms with van der Waals surface area (Å²) in [5, 5.41) is 6.27. The van der Waals surface area contributed by atoms with Crippen molar-refractivity contribution in [3.63, 3.8) is 0 Å². The zero-order valence-electron chi connectivity index (χ0n) is 10.0. The molecule has 1 heterocycles. The largest absolute Gasteiger partial charge is 0.325 e. The van der Waals surface area contributed by atoms with Crippen molar-refractivity contribution in [2.24, 2.45) is 5.92 Å². The summed E-state index contributed by atoms with van der Waals surface area (Å²) in [4.78, 5) is 12.0. The number of piperidine rings is 1. The summed E-state index contributed by atoms with van der Waals surface area (Å²) < 4.78 is 1.87. The van der Waals surface area contributed by atoms with Crippen LogP contribution in [0.15, 0.2) is 27.1 Å². The number of carbonyl (C=O) groups excluding carboxylic acids is 1. The predicted molar refractivity (Wildman–Crippen MR) is 80.7 cm³/mol. The molecule has 0 radical (unpaired) electrons. The predicted octanol–water partition coefficient (Wildman–Crippen LogP) is 3.54. The number of nitrogens with one attached hydrogen (secondary N) is 2. The highest BCUT2D eigenvalue weighted by Crippen LogP contribution is 2.27. The topological polar surface area (TPSA) is 41.1 Å². The van der Waals surface area contributed by atoms with E-state index < -0.39 is 0 Å². The molecule has 0 unspecified atom stereocenters. The molecule has 0 saturated carbocycles. The van der Waals surface area contributed by atoms with E-state index in [0.29, 0.717) is 12.3 Å². The van der Waals surface area contributed by atoms with Crippen molar-refractivity contribution in [2.45, 2.75) is 19.3 Å². The summed E-state index contributed by atoms with van der Waals surface area (Å²) in [6.07, 6.45) is 2.79. The second-order valence-electron chi connectivity index (χ2n) is 4.57. The van der Waals surface area contributed by atoms with E-state index in [9.17, 15) is 4.79 Å². The lowest BCUT2D eigenvalue weighted by atomic mass is 9.94. The molecule has 1 amide bonds.